The van der Waals surface area contributed by atoms with Gasteiger partial charge in [0, 0.05) is 13.0 Å². The molecule has 2 heterocycles. The topological polar surface area (TPSA) is 79.9 Å². The number of nitrogens with one attached hydrogen (secondary N) is 2. The normalized spacial score (nSPS) is 16.8. The van der Waals surface area contributed by atoms with Crippen LogP contribution in [0.5, 0.6) is 0 Å². The van der Waals surface area contributed by atoms with E-state index in [1.165, 1.54) is 22.9 Å². The van der Waals surface area contributed by atoms with Crippen molar-refractivity contribution in [1.82, 2.24) is 20.5 Å². The number of thioether (sulfide) groups is 1. The van der Waals surface area contributed by atoms with Crippen molar-refractivity contribution in [1.29, 1.82) is 0 Å². The summed E-state index contributed by atoms with van der Waals surface area (Å²) >= 11 is 1.33. The summed E-state index contributed by atoms with van der Waals surface area (Å²) in [6.07, 6.45) is 1.67. The Labute approximate surface area is 139 Å². The Morgan fingerprint density at radius 2 is 2.35 bits per heavy atom. The van der Waals surface area contributed by atoms with Crippen molar-refractivity contribution in [2.75, 3.05) is 18.9 Å². The maximum Gasteiger partial charge on any atom is 0.230 e. The number of carbonyl (C=O) groups excluding carboxylic acids is 1. The Morgan fingerprint density at radius 3 is 3.17 bits per heavy atom. The average Bonchev–Trinajstić information content (AvgIpc) is 3.06. The molecule has 7 heteroatoms. The van der Waals surface area contributed by atoms with Gasteiger partial charge >= 0.3 is 0 Å². The first-order valence-electron chi connectivity index (χ1n) is 7.76. The van der Waals surface area contributed by atoms with Crippen molar-refractivity contribution in [3.8, 4) is 0 Å². The molecule has 1 aromatic carbocycles. The number of aromatic nitrogens is 3. The second-order valence-electron chi connectivity index (χ2n) is 5.32. The number of aromatic amines is 1. The molecule has 0 bridgehead atoms. The zero-order chi connectivity index (χ0) is 16.1. The number of amides is 1. The molecule has 1 aliphatic rings. The number of carbonyl (C=O) groups is 1. The standard InChI is InChI=1S/C16H20N4O2S/c1-2-14-18-16(20-19-14)23-10-15(21)17-9-13-12-6-4-3-5-11(12)7-8-22-13/h3-6,13H,2,7-10H2,1H3,(H,17,21)(H,18,19,20)/t13-/m0/s1. The lowest BCUT2D eigenvalue weighted by Gasteiger charge is -2.26. The quantitative estimate of drug-likeness (QED) is 0.790. The highest BCUT2D eigenvalue weighted by Crippen LogP contribution is 2.26. The second kappa shape index (κ2) is 7.61. The Kier molecular flexibility index (Phi) is 5.30. The van der Waals surface area contributed by atoms with E-state index >= 15 is 0 Å². The average molecular weight is 332 g/mol. The van der Waals surface area contributed by atoms with E-state index < -0.39 is 0 Å². The maximum absolute atomic E-state index is 12.0. The van der Waals surface area contributed by atoms with E-state index in [9.17, 15) is 4.79 Å². The van der Waals surface area contributed by atoms with Crippen molar-refractivity contribution < 1.29 is 9.53 Å². The molecular formula is C16H20N4O2S. The van der Waals surface area contributed by atoms with Gasteiger partial charge in [0.15, 0.2) is 0 Å². The lowest BCUT2D eigenvalue weighted by atomic mass is 9.97. The molecule has 1 atom stereocenters. The molecule has 1 aliphatic heterocycles. The number of hydrogen-bond acceptors (Lipinski definition) is 5. The number of fused-ring (bicyclic) bond motifs is 1. The first-order valence-corrected chi connectivity index (χ1v) is 8.75. The molecule has 2 aromatic rings. The Bertz CT molecular complexity index is 674. The van der Waals surface area contributed by atoms with Crippen LogP contribution in [-0.2, 0) is 22.4 Å². The fourth-order valence-corrected chi connectivity index (χ4v) is 3.18. The van der Waals surface area contributed by atoms with E-state index in [4.69, 9.17) is 4.74 Å². The lowest BCUT2D eigenvalue weighted by Crippen LogP contribution is -2.32. The van der Waals surface area contributed by atoms with Crippen LogP contribution in [0.1, 0.15) is 30.0 Å². The molecule has 0 spiro atoms. The van der Waals surface area contributed by atoms with Gasteiger partial charge in [-0.3, -0.25) is 9.89 Å². The molecular weight excluding hydrogens is 312 g/mol. The Hall–Kier alpha value is -1.86. The summed E-state index contributed by atoms with van der Waals surface area (Å²) < 4.78 is 5.78. The van der Waals surface area contributed by atoms with Gasteiger partial charge < -0.3 is 10.1 Å². The SMILES string of the molecule is CCc1nc(SCC(=O)NC[C@@H]2OCCc3ccccc32)n[nH]1. The molecule has 23 heavy (non-hydrogen) atoms. The summed E-state index contributed by atoms with van der Waals surface area (Å²) in [5, 5.41) is 10.4. The molecule has 1 amide bonds. The van der Waals surface area contributed by atoms with Crippen LogP contribution in [-0.4, -0.2) is 40.0 Å². The minimum atomic E-state index is -0.0656. The van der Waals surface area contributed by atoms with Crippen molar-refractivity contribution in [3.05, 3.63) is 41.2 Å². The number of benzene rings is 1. The largest absolute Gasteiger partial charge is 0.371 e. The van der Waals surface area contributed by atoms with Crippen LogP contribution in [0.15, 0.2) is 29.4 Å². The molecule has 0 radical (unpaired) electrons. The molecule has 0 saturated heterocycles. The highest BCUT2D eigenvalue weighted by atomic mass is 32.2. The first-order chi connectivity index (χ1) is 11.3. The monoisotopic (exact) mass is 332 g/mol. The first kappa shape index (κ1) is 16.0. The highest BCUT2D eigenvalue weighted by molar-refractivity contribution is 7.99. The van der Waals surface area contributed by atoms with Gasteiger partial charge in [0.1, 0.15) is 11.9 Å². The van der Waals surface area contributed by atoms with Gasteiger partial charge in [-0.05, 0) is 17.5 Å². The molecule has 1 aromatic heterocycles. The fraction of sp³-hybridized carbons (Fsp3) is 0.438. The smallest absolute Gasteiger partial charge is 0.230 e. The number of nitrogens with zero attached hydrogens (tertiary/aromatic N) is 2. The van der Waals surface area contributed by atoms with E-state index in [1.807, 2.05) is 19.1 Å². The van der Waals surface area contributed by atoms with Crippen molar-refractivity contribution in [2.45, 2.75) is 31.0 Å². The van der Waals surface area contributed by atoms with Crippen LogP contribution in [0.25, 0.3) is 0 Å². The number of hydrogen-bond donors (Lipinski definition) is 2. The van der Waals surface area contributed by atoms with Gasteiger partial charge in [0.2, 0.25) is 11.1 Å². The molecule has 0 saturated carbocycles. The van der Waals surface area contributed by atoms with Crippen LogP contribution < -0.4 is 5.32 Å². The summed E-state index contributed by atoms with van der Waals surface area (Å²) in [4.78, 5) is 16.3. The van der Waals surface area contributed by atoms with Gasteiger partial charge in [0.05, 0.1) is 12.4 Å². The Balaban J connectivity index is 1.48. The van der Waals surface area contributed by atoms with Crippen molar-refractivity contribution >= 4 is 17.7 Å². The van der Waals surface area contributed by atoms with E-state index in [2.05, 4.69) is 32.6 Å². The van der Waals surface area contributed by atoms with Gasteiger partial charge in [-0.2, -0.15) is 0 Å². The summed E-state index contributed by atoms with van der Waals surface area (Å²) in [6, 6.07) is 8.24. The van der Waals surface area contributed by atoms with Gasteiger partial charge in [-0.25, -0.2) is 4.98 Å². The molecule has 6 nitrogen and oxygen atoms in total. The Morgan fingerprint density at radius 1 is 1.48 bits per heavy atom. The van der Waals surface area contributed by atoms with E-state index in [0.717, 1.165) is 18.7 Å². The third kappa shape index (κ3) is 4.11. The van der Waals surface area contributed by atoms with Crippen molar-refractivity contribution in [2.24, 2.45) is 0 Å². The van der Waals surface area contributed by atoms with Crippen LogP contribution >= 0.6 is 11.8 Å². The minimum absolute atomic E-state index is 0.0375. The molecule has 2 N–H and O–H groups in total. The fourth-order valence-electron chi connectivity index (χ4n) is 2.53. The molecule has 0 unspecified atom stereocenters. The third-order valence-electron chi connectivity index (χ3n) is 3.76. The molecule has 3 rings (SSSR count). The van der Waals surface area contributed by atoms with Gasteiger partial charge in [-0.1, -0.05) is 43.0 Å². The number of ether oxygens (including phenoxy) is 1. The maximum atomic E-state index is 12.0. The lowest BCUT2D eigenvalue weighted by molar-refractivity contribution is -0.119. The van der Waals surface area contributed by atoms with Gasteiger partial charge in [0.25, 0.3) is 0 Å². The summed E-state index contributed by atoms with van der Waals surface area (Å²) in [5.41, 5.74) is 2.48. The molecule has 122 valence electrons. The van der Waals surface area contributed by atoms with Crippen molar-refractivity contribution in [3.63, 3.8) is 0 Å². The van der Waals surface area contributed by atoms with E-state index in [-0.39, 0.29) is 12.0 Å². The zero-order valence-electron chi connectivity index (χ0n) is 13.0. The third-order valence-corrected chi connectivity index (χ3v) is 4.60. The predicted molar refractivity (Wildman–Crippen MR) is 88.3 cm³/mol. The predicted octanol–water partition coefficient (Wildman–Crippen LogP) is 1.89. The summed E-state index contributed by atoms with van der Waals surface area (Å²) in [7, 11) is 0. The highest BCUT2D eigenvalue weighted by Gasteiger charge is 2.20. The molecule has 0 fully saturated rings. The van der Waals surface area contributed by atoms with Crippen LogP contribution in [0.4, 0.5) is 0 Å². The van der Waals surface area contributed by atoms with Crippen LogP contribution in [0, 0.1) is 0 Å². The number of H-pyrrole nitrogens is 1. The van der Waals surface area contributed by atoms with Gasteiger partial charge in [-0.15, -0.1) is 5.10 Å². The summed E-state index contributed by atoms with van der Waals surface area (Å²) in [5.74, 6) is 1.10. The van der Waals surface area contributed by atoms with Crippen LogP contribution in [0.3, 0.4) is 0 Å². The zero-order valence-corrected chi connectivity index (χ0v) is 13.9. The summed E-state index contributed by atoms with van der Waals surface area (Å²) in [6.45, 7) is 3.19. The van der Waals surface area contributed by atoms with E-state index in [0.29, 0.717) is 24.1 Å². The minimum Gasteiger partial charge on any atom is -0.371 e. The van der Waals surface area contributed by atoms with Crippen LogP contribution in [0.2, 0.25) is 0 Å². The van der Waals surface area contributed by atoms with E-state index in [1.54, 1.807) is 0 Å². The number of aryl methyl sites for hydroxylation is 1. The second-order valence-corrected chi connectivity index (χ2v) is 6.26. The number of rotatable bonds is 6. The molecule has 0 aliphatic carbocycles.